The molecule has 0 amide bonds. The molecule has 0 heterocycles. The molecule has 0 bridgehead atoms. The van der Waals surface area contributed by atoms with E-state index < -0.39 is 12.1 Å². The largest absolute Gasteiger partial charge is 0.466 e. The highest BCUT2D eigenvalue weighted by Gasteiger charge is 2.17. The average molecular weight is 188 g/mol. The van der Waals surface area contributed by atoms with E-state index in [1.165, 1.54) is 14.0 Å². The van der Waals surface area contributed by atoms with Crippen molar-refractivity contribution in [3.05, 3.63) is 0 Å². The lowest BCUT2D eigenvalue weighted by Crippen LogP contribution is -2.25. The predicted molar refractivity (Wildman–Crippen MR) is 47.1 cm³/mol. The Morgan fingerprint density at radius 2 is 2.00 bits per heavy atom. The van der Waals surface area contributed by atoms with Crippen LogP contribution >= 0.6 is 0 Å². The minimum Gasteiger partial charge on any atom is -0.466 e. The van der Waals surface area contributed by atoms with Crippen LogP contribution in [0.4, 0.5) is 0 Å². The second-order valence-electron chi connectivity index (χ2n) is 2.76. The summed E-state index contributed by atoms with van der Waals surface area (Å²) >= 11 is 0. The van der Waals surface area contributed by atoms with Gasteiger partial charge in [-0.05, 0) is 13.3 Å². The van der Waals surface area contributed by atoms with Crippen LogP contribution in [-0.4, -0.2) is 25.2 Å². The van der Waals surface area contributed by atoms with Crippen LogP contribution < -0.4 is 0 Å². The summed E-state index contributed by atoms with van der Waals surface area (Å²) in [5, 5.41) is 0. The number of carbonyl (C=O) groups excluding carboxylic acids is 2. The van der Waals surface area contributed by atoms with E-state index in [0.29, 0.717) is 6.42 Å². The van der Waals surface area contributed by atoms with E-state index in [1.54, 1.807) is 0 Å². The molecule has 0 aromatic rings. The molecule has 0 aromatic carbocycles. The van der Waals surface area contributed by atoms with E-state index in [9.17, 15) is 9.59 Å². The van der Waals surface area contributed by atoms with Gasteiger partial charge in [0, 0.05) is 6.42 Å². The Hall–Kier alpha value is -1.06. The van der Waals surface area contributed by atoms with Gasteiger partial charge in [0.1, 0.15) is 0 Å². The van der Waals surface area contributed by atoms with Crippen LogP contribution in [0.3, 0.4) is 0 Å². The van der Waals surface area contributed by atoms with Crippen molar-refractivity contribution >= 4 is 11.9 Å². The van der Waals surface area contributed by atoms with Gasteiger partial charge in [0.05, 0.1) is 7.11 Å². The third kappa shape index (κ3) is 5.22. The Morgan fingerprint density at radius 3 is 2.46 bits per heavy atom. The van der Waals surface area contributed by atoms with Crippen molar-refractivity contribution in [2.75, 3.05) is 7.11 Å². The van der Waals surface area contributed by atoms with E-state index in [0.717, 1.165) is 12.8 Å². The summed E-state index contributed by atoms with van der Waals surface area (Å²) in [7, 11) is 1.26. The number of methoxy groups -OCH3 is 1. The van der Waals surface area contributed by atoms with Gasteiger partial charge in [-0.1, -0.05) is 13.3 Å². The smallest absolute Gasteiger partial charge is 0.346 e. The molecular weight excluding hydrogens is 172 g/mol. The molecule has 0 aromatic heterocycles. The molecule has 0 saturated heterocycles. The molecule has 0 aliphatic carbocycles. The summed E-state index contributed by atoms with van der Waals surface area (Å²) in [6, 6.07) is 0. The van der Waals surface area contributed by atoms with Crippen LogP contribution in [0.25, 0.3) is 0 Å². The summed E-state index contributed by atoms with van der Waals surface area (Å²) < 4.78 is 9.19. The molecule has 76 valence electrons. The van der Waals surface area contributed by atoms with E-state index >= 15 is 0 Å². The normalized spacial score (nSPS) is 11.9. The van der Waals surface area contributed by atoms with Crippen molar-refractivity contribution in [1.29, 1.82) is 0 Å². The highest BCUT2D eigenvalue weighted by atomic mass is 16.6. The van der Waals surface area contributed by atoms with Gasteiger partial charge < -0.3 is 9.47 Å². The van der Waals surface area contributed by atoms with Crippen molar-refractivity contribution in [3.8, 4) is 0 Å². The van der Waals surface area contributed by atoms with Crippen molar-refractivity contribution in [1.82, 2.24) is 0 Å². The molecule has 0 unspecified atom stereocenters. The van der Waals surface area contributed by atoms with Gasteiger partial charge in [0.25, 0.3) is 0 Å². The second kappa shape index (κ2) is 6.46. The highest BCUT2D eigenvalue weighted by molar-refractivity contribution is 5.78. The molecule has 0 N–H and O–H groups in total. The van der Waals surface area contributed by atoms with Gasteiger partial charge in [-0.15, -0.1) is 0 Å². The zero-order valence-electron chi connectivity index (χ0n) is 8.33. The van der Waals surface area contributed by atoms with Gasteiger partial charge >= 0.3 is 11.9 Å². The minimum atomic E-state index is -0.797. The maximum Gasteiger partial charge on any atom is 0.346 e. The lowest BCUT2D eigenvalue weighted by atomic mass is 10.2. The first kappa shape index (κ1) is 11.9. The Morgan fingerprint density at radius 1 is 1.38 bits per heavy atom. The second-order valence-corrected chi connectivity index (χ2v) is 2.76. The molecule has 1 atom stereocenters. The molecule has 0 fully saturated rings. The molecule has 0 rings (SSSR count). The lowest BCUT2D eigenvalue weighted by Gasteiger charge is -2.10. The van der Waals surface area contributed by atoms with E-state index in [4.69, 9.17) is 4.74 Å². The lowest BCUT2D eigenvalue weighted by molar-refractivity contribution is -0.164. The predicted octanol–water partition coefficient (Wildman–Crippen LogP) is 1.28. The minimum absolute atomic E-state index is 0.347. The first-order valence-electron chi connectivity index (χ1n) is 4.39. The summed E-state index contributed by atoms with van der Waals surface area (Å²) in [6.07, 6.45) is 1.28. The topological polar surface area (TPSA) is 52.6 Å². The summed E-state index contributed by atoms with van der Waals surface area (Å²) in [4.78, 5) is 21.8. The Labute approximate surface area is 78.2 Å². The molecule has 0 radical (unpaired) electrons. The van der Waals surface area contributed by atoms with Gasteiger partial charge in [-0.3, -0.25) is 4.79 Å². The number of unbranched alkanes of at least 4 members (excludes halogenated alkanes) is 1. The molecule has 0 saturated carbocycles. The van der Waals surface area contributed by atoms with Gasteiger partial charge in [0.15, 0.2) is 6.10 Å². The zero-order valence-corrected chi connectivity index (χ0v) is 8.33. The van der Waals surface area contributed by atoms with Crippen molar-refractivity contribution in [2.24, 2.45) is 0 Å². The van der Waals surface area contributed by atoms with Crippen LogP contribution in [0.2, 0.25) is 0 Å². The molecule has 0 aliphatic heterocycles. The SMILES string of the molecule is CCCCC(=O)O[C@@H](C)C(=O)OC. The summed E-state index contributed by atoms with van der Waals surface area (Å²) in [5.74, 6) is -0.871. The number of hydrogen-bond acceptors (Lipinski definition) is 4. The Balaban J connectivity index is 3.71. The maximum absolute atomic E-state index is 11.0. The molecule has 4 nitrogen and oxygen atoms in total. The van der Waals surface area contributed by atoms with Crippen LogP contribution in [-0.2, 0) is 19.1 Å². The fourth-order valence-corrected chi connectivity index (χ4v) is 0.791. The first-order chi connectivity index (χ1) is 6.11. The number of hydrogen-bond donors (Lipinski definition) is 0. The van der Waals surface area contributed by atoms with Crippen molar-refractivity contribution in [3.63, 3.8) is 0 Å². The summed E-state index contributed by atoms with van der Waals surface area (Å²) in [5.41, 5.74) is 0. The van der Waals surface area contributed by atoms with Crippen LogP contribution in [0, 0.1) is 0 Å². The third-order valence-corrected chi connectivity index (χ3v) is 1.58. The number of esters is 2. The third-order valence-electron chi connectivity index (χ3n) is 1.58. The number of rotatable bonds is 5. The summed E-state index contributed by atoms with van der Waals surface area (Å²) in [6.45, 7) is 3.48. The van der Waals surface area contributed by atoms with Gasteiger partial charge in [0.2, 0.25) is 0 Å². The van der Waals surface area contributed by atoms with Crippen LogP contribution in [0.1, 0.15) is 33.1 Å². The Kier molecular flexibility index (Phi) is 5.93. The zero-order chi connectivity index (χ0) is 10.3. The van der Waals surface area contributed by atoms with E-state index in [-0.39, 0.29) is 5.97 Å². The fraction of sp³-hybridized carbons (Fsp3) is 0.778. The monoisotopic (exact) mass is 188 g/mol. The molecule has 0 aliphatic rings. The maximum atomic E-state index is 11.0. The molecular formula is C9H16O4. The highest BCUT2D eigenvalue weighted by Crippen LogP contribution is 2.01. The number of ether oxygens (including phenoxy) is 2. The van der Waals surface area contributed by atoms with Crippen LogP contribution in [0.5, 0.6) is 0 Å². The van der Waals surface area contributed by atoms with Crippen molar-refractivity contribution < 1.29 is 19.1 Å². The van der Waals surface area contributed by atoms with E-state index in [2.05, 4.69) is 4.74 Å². The average Bonchev–Trinajstić information content (AvgIpc) is 2.13. The van der Waals surface area contributed by atoms with Crippen molar-refractivity contribution in [2.45, 2.75) is 39.2 Å². The van der Waals surface area contributed by atoms with Crippen LogP contribution in [0.15, 0.2) is 0 Å². The van der Waals surface area contributed by atoms with Gasteiger partial charge in [-0.25, -0.2) is 4.79 Å². The van der Waals surface area contributed by atoms with Gasteiger partial charge in [-0.2, -0.15) is 0 Å². The Bertz CT molecular complexity index is 176. The van der Waals surface area contributed by atoms with E-state index in [1.807, 2.05) is 6.92 Å². The fourth-order valence-electron chi connectivity index (χ4n) is 0.791. The quantitative estimate of drug-likeness (QED) is 0.610. The standard InChI is InChI=1S/C9H16O4/c1-4-5-6-8(10)13-7(2)9(11)12-3/h7H,4-6H2,1-3H3/t7-/m0/s1. The number of carbonyl (C=O) groups is 2. The molecule has 4 heteroatoms. The molecule has 0 spiro atoms. The molecule has 13 heavy (non-hydrogen) atoms. The first-order valence-corrected chi connectivity index (χ1v) is 4.39.